The molecule has 4 heteroatoms. The predicted molar refractivity (Wildman–Crippen MR) is 55.0 cm³/mol. The van der Waals surface area contributed by atoms with Crippen molar-refractivity contribution in [3.05, 3.63) is 24.0 Å². The zero-order valence-corrected chi connectivity index (χ0v) is 8.28. The molecular weight excluding hydrogens is 178 g/mol. The Balaban J connectivity index is 1.84. The number of hydrogen-bond donors (Lipinski definition) is 2. The van der Waals surface area contributed by atoms with Crippen LogP contribution in [0.1, 0.15) is 11.7 Å². The van der Waals surface area contributed by atoms with Crippen LogP contribution in [0.3, 0.4) is 0 Å². The third kappa shape index (κ3) is 2.35. The monoisotopic (exact) mass is 195 g/mol. The van der Waals surface area contributed by atoms with Gasteiger partial charge in [0.15, 0.2) is 0 Å². The minimum atomic E-state index is 0.0862. The lowest BCUT2D eigenvalue weighted by atomic mass is 10.2. The fourth-order valence-electron chi connectivity index (χ4n) is 1.74. The molecule has 1 aliphatic rings. The molecule has 1 aliphatic heterocycles. The van der Waals surface area contributed by atoms with E-state index in [0.717, 1.165) is 38.5 Å². The number of aromatic amines is 1. The van der Waals surface area contributed by atoms with Crippen LogP contribution in [0, 0.1) is 0 Å². The van der Waals surface area contributed by atoms with E-state index < -0.39 is 0 Å². The molecule has 0 amide bonds. The second-order valence-corrected chi connectivity index (χ2v) is 3.64. The molecule has 2 rings (SSSR count). The Morgan fingerprint density at radius 1 is 1.50 bits per heavy atom. The standard InChI is InChI=1S/C10H17N3O/c11-9(10-2-1-3-12-10)8-13-4-6-14-7-5-13/h1-3,9,12H,4-8,11H2. The van der Waals surface area contributed by atoms with E-state index >= 15 is 0 Å². The van der Waals surface area contributed by atoms with Gasteiger partial charge in [0.25, 0.3) is 0 Å². The lowest BCUT2D eigenvalue weighted by Crippen LogP contribution is -2.40. The van der Waals surface area contributed by atoms with Crippen LogP contribution in [0.5, 0.6) is 0 Å². The number of nitrogens with zero attached hydrogens (tertiary/aromatic N) is 1. The summed E-state index contributed by atoms with van der Waals surface area (Å²) in [6.45, 7) is 4.56. The summed E-state index contributed by atoms with van der Waals surface area (Å²) in [6, 6.07) is 4.10. The Labute approximate surface area is 84.0 Å². The molecule has 1 atom stereocenters. The molecule has 0 radical (unpaired) electrons. The van der Waals surface area contributed by atoms with Crippen molar-refractivity contribution in [1.29, 1.82) is 0 Å². The molecular formula is C10H17N3O. The van der Waals surface area contributed by atoms with Crippen molar-refractivity contribution in [3.63, 3.8) is 0 Å². The van der Waals surface area contributed by atoms with Gasteiger partial charge in [0.1, 0.15) is 0 Å². The normalized spacial score (nSPS) is 20.9. The van der Waals surface area contributed by atoms with Gasteiger partial charge < -0.3 is 15.5 Å². The zero-order valence-electron chi connectivity index (χ0n) is 8.28. The molecule has 0 aliphatic carbocycles. The van der Waals surface area contributed by atoms with Crippen LogP contribution >= 0.6 is 0 Å². The van der Waals surface area contributed by atoms with E-state index in [4.69, 9.17) is 10.5 Å². The van der Waals surface area contributed by atoms with Gasteiger partial charge >= 0.3 is 0 Å². The van der Waals surface area contributed by atoms with Crippen LogP contribution in [-0.2, 0) is 4.74 Å². The maximum atomic E-state index is 6.06. The largest absolute Gasteiger partial charge is 0.379 e. The quantitative estimate of drug-likeness (QED) is 0.731. The van der Waals surface area contributed by atoms with E-state index in [2.05, 4.69) is 9.88 Å². The first-order chi connectivity index (χ1) is 6.86. The Kier molecular flexibility index (Phi) is 3.18. The van der Waals surface area contributed by atoms with Crippen LogP contribution in [0.4, 0.5) is 0 Å². The molecule has 4 nitrogen and oxygen atoms in total. The molecule has 0 saturated carbocycles. The number of ether oxygens (including phenoxy) is 1. The van der Waals surface area contributed by atoms with Gasteiger partial charge in [-0.1, -0.05) is 0 Å². The number of rotatable bonds is 3. The van der Waals surface area contributed by atoms with Crippen molar-refractivity contribution < 1.29 is 4.74 Å². The smallest absolute Gasteiger partial charge is 0.0594 e. The maximum absolute atomic E-state index is 6.06. The molecule has 1 saturated heterocycles. The molecule has 14 heavy (non-hydrogen) atoms. The first kappa shape index (κ1) is 9.71. The minimum absolute atomic E-state index is 0.0862. The fourth-order valence-corrected chi connectivity index (χ4v) is 1.74. The van der Waals surface area contributed by atoms with E-state index in [0.29, 0.717) is 0 Å². The highest BCUT2D eigenvalue weighted by molar-refractivity contribution is 5.08. The van der Waals surface area contributed by atoms with Gasteiger partial charge in [-0.2, -0.15) is 0 Å². The number of aromatic nitrogens is 1. The van der Waals surface area contributed by atoms with E-state index in [-0.39, 0.29) is 6.04 Å². The van der Waals surface area contributed by atoms with Gasteiger partial charge in [0, 0.05) is 31.5 Å². The highest BCUT2D eigenvalue weighted by Crippen LogP contribution is 2.09. The summed E-state index contributed by atoms with van der Waals surface area (Å²) in [5, 5.41) is 0. The average Bonchev–Trinajstić information content (AvgIpc) is 2.72. The van der Waals surface area contributed by atoms with E-state index in [9.17, 15) is 0 Å². The summed E-state index contributed by atoms with van der Waals surface area (Å²) in [4.78, 5) is 5.49. The van der Waals surface area contributed by atoms with Crippen LogP contribution in [-0.4, -0.2) is 42.7 Å². The molecule has 1 aromatic rings. The Bertz CT molecular complexity index is 254. The Hall–Kier alpha value is -0.840. The summed E-state index contributed by atoms with van der Waals surface area (Å²) in [6.07, 6.45) is 1.91. The third-order valence-electron chi connectivity index (χ3n) is 2.58. The lowest BCUT2D eigenvalue weighted by molar-refractivity contribution is 0.0351. The molecule has 3 N–H and O–H groups in total. The summed E-state index contributed by atoms with van der Waals surface area (Å²) in [5.41, 5.74) is 7.16. The van der Waals surface area contributed by atoms with Gasteiger partial charge in [0.05, 0.1) is 19.3 Å². The summed E-state index contributed by atoms with van der Waals surface area (Å²) in [5.74, 6) is 0. The minimum Gasteiger partial charge on any atom is -0.379 e. The molecule has 1 unspecified atom stereocenters. The van der Waals surface area contributed by atoms with Crippen molar-refractivity contribution in [2.24, 2.45) is 5.73 Å². The SMILES string of the molecule is NC(CN1CCOCC1)c1ccc[nH]1. The molecule has 0 aromatic carbocycles. The van der Waals surface area contributed by atoms with Crippen LogP contribution in [0.15, 0.2) is 18.3 Å². The Morgan fingerprint density at radius 3 is 2.93 bits per heavy atom. The van der Waals surface area contributed by atoms with Crippen molar-refractivity contribution in [2.45, 2.75) is 6.04 Å². The maximum Gasteiger partial charge on any atom is 0.0594 e. The van der Waals surface area contributed by atoms with Crippen molar-refractivity contribution in [1.82, 2.24) is 9.88 Å². The summed E-state index contributed by atoms with van der Waals surface area (Å²) < 4.78 is 5.28. The number of nitrogens with two attached hydrogens (primary N) is 1. The van der Waals surface area contributed by atoms with E-state index in [1.165, 1.54) is 0 Å². The fraction of sp³-hybridized carbons (Fsp3) is 0.600. The molecule has 2 heterocycles. The molecule has 78 valence electrons. The molecule has 1 fully saturated rings. The third-order valence-corrected chi connectivity index (χ3v) is 2.58. The van der Waals surface area contributed by atoms with Gasteiger partial charge in [-0.05, 0) is 12.1 Å². The highest BCUT2D eigenvalue weighted by atomic mass is 16.5. The first-order valence-electron chi connectivity index (χ1n) is 5.05. The predicted octanol–water partition coefficient (Wildman–Crippen LogP) is 0.347. The molecule has 0 bridgehead atoms. The first-order valence-corrected chi connectivity index (χ1v) is 5.05. The number of H-pyrrole nitrogens is 1. The van der Waals surface area contributed by atoms with E-state index in [1.807, 2.05) is 18.3 Å². The van der Waals surface area contributed by atoms with Gasteiger partial charge in [-0.25, -0.2) is 0 Å². The second kappa shape index (κ2) is 4.59. The van der Waals surface area contributed by atoms with Crippen LogP contribution < -0.4 is 5.73 Å². The number of nitrogens with one attached hydrogen (secondary N) is 1. The van der Waals surface area contributed by atoms with E-state index in [1.54, 1.807) is 0 Å². The van der Waals surface area contributed by atoms with Crippen molar-refractivity contribution in [2.75, 3.05) is 32.8 Å². The number of morpholine rings is 1. The molecule has 0 spiro atoms. The summed E-state index contributed by atoms with van der Waals surface area (Å²) >= 11 is 0. The van der Waals surface area contributed by atoms with Gasteiger partial charge in [-0.3, -0.25) is 4.90 Å². The highest BCUT2D eigenvalue weighted by Gasteiger charge is 2.15. The molecule has 1 aromatic heterocycles. The summed E-state index contributed by atoms with van der Waals surface area (Å²) in [7, 11) is 0. The zero-order chi connectivity index (χ0) is 9.80. The van der Waals surface area contributed by atoms with Gasteiger partial charge in [-0.15, -0.1) is 0 Å². The van der Waals surface area contributed by atoms with Crippen molar-refractivity contribution in [3.8, 4) is 0 Å². The van der Waals surface area contributed by atoms with Gasteiger partial charge in [0.2, 0.25) is 0 Å². The lowest BCUT2D eigenvalue weighted by Gasteiger charge is -2.28. The second-order valence-electron chi connectivity index (χ2n) is 3.64. The van der Waals surface area contributed by atoms with Crippen LogP contribution in [0.25, 0.3) is 0 Å². The average molecular weight is 195 g/mol. The number of hydrogen-bond acceptors (Lipinski definition) is 3. The van der Waals surface area contributed by atoms with Crippen LogP contribution in [0.2, 0.25) is 0 Å². The Morgan fingerprint density at radius 2 is 2.29 bits per heavy atom. The van der Waals surface area contributed by atoms with Crippen molar-refractivity contribution >= 4 is 0 Å². The topological polar surface area (TPSA) is 54.3 Å².